The van der Waals surface area contributed by atoms with Gasteiger partial charge in [0, 0.05) is 24.3 Å². The summed E-state index contributed by atoms with van der Waals surface area (Å²) in [5.74, 6) is 0.335. The first kappa shape index (κ1) is 15.9. The summed E-state index contributed by atoms with van der Waals surface area (Å²) in [5.41, 5.74) is 0.757. The average molecular weight is 354 g/mol. The van der Waals surface area contributed by atoms with Gasteiger partial charge in [0.1, 0.15) is 11.6 Å². The van der Waals surface area contributed by atoms with E-state index in [9.17, 15) is 4.39 Å². The first-order valence-electron chi connectivity index (χ1n) is 6.52. The van der Waals surface area contributed by atoms with Crippen LogP contribution in [0.4, 0.5) is 4.39 Å². The summed E-state index contributed by atoms with van der Waals surface area (Å²) < 4.78 is 19.4. The van der Waals surface area contributed by atoms with E-state index in [2.05, 4.69) is 52.0 Å². The van der Waals surface area contributed by atoms with Gasteiger partial charge in [-0.3, -0.25) is 4.98 Å². The van der Waals surface area contributed by atoms with E-state index in [4.69, 9.17) is 4.74 Å². The Morgan fingerprint density at radius 1 is 1.29 bits per heavy atom. The standard InChI is InChI=1S/C15H17BrFN3O/c1-15(2,3)19-8-10-7-18-9-14(20-10)21-11-4-5-12(16)13(17)6-11/h4-7,9,19H,8H2,1-3H3. The van der Waals surface area contributed by atoms with Gasteiger partial charge in [-0.1, -0.05) is 0 Å². The third kappa shape index (κ3) is 5.06. The topological polar surface area (TPSA) is 47.0 Å². The minimum atomic E-state index is -0.383. The number of aromatic nitrogens is 2. The average Bonchev–Trinajstić information content (AvgIpc) is 2.40. The number of hydrogen-bond donors (Lipinski definition) is 1. The van der Waals surface area contributed by atoms with Crippen molar-refractivity contribution in [2.24, 2.45) is 0 Å². The van der Waals surface area contributed by atoms with Crippen LogP contribution in [0.1, 0.15) is 26.5 Å². The number of rotatable bonds is 4. The van der Waals surface area contributed by atoms with Gasteiger partial charge < -0.3 is 10.1 Å². The van der Waals surface area contributed by atoms with Crippen LogP contribution in [0, 0.1) is 5.82 Å². The quantitative estimate of drug-likeness (QED) is 0.900. The Labute approximate surface area is 131 Å². The zero-order valence-electron chi connectivity index (χ0n) is 12.2. The van der Waals surface area contributed by atoms with Crippen molar-refractivity contribution >= 4 is 15.9 Å². The van der Waals surface area contributed by atoms with Crippen molar-refractivity contribution in [1.29, 1.82) is 0 Å². The van der Waals surface area contributed by atoms with Crippen LogP contribution in [0.5, 0.6) is 11.6 Å². The molecule has 112 valence electrons. The van der Waals surface area contributed by atoms with Crippen LogP contribution in [-0.2, 0) is 6.54 Å². The van der Waals surface area contributed by atoms with Gasteiger partial charge in [-0.15, -0.1) is 0 Å². The van der Waals surface area contributed by atoms with E-state index in [0.29, 0.717) is 22.6 Å². The zero-order valence-corrected chi connectivity index (χ0v) is 13.7. The monoisotopic (exact) mass is 353 g/mol. The fourth-order valence-corrected chi connectivity index (χ4v) is 1.78. The highest BCUT2D eigenvalue weighted by atomic mass is 79.9. The molecule has 0 unspecified atom stereocenters. The molecule has 1 N–H and O–H groups in total. The smallest absolute Gasteiger partial charge is 0.238 e. The number of halogens is 2. The summed E-state index contributed by atoms with van der Waals surface area (Å²) >= 11 is 3.10. The van der Waals surface area contributed by atoms with Gasteiger partial charge in [0.25, 0.3) is 0 Å². The predicted molar refractivity (Wildman–Crippen MR) is 82.8 cm³/mol. The highest BCUT2D eigenvalue weighted by Gasteiger charge is 2.10. The van der Waals surface area contributed by atoms with Crippen molar-refractivity contribution in [2.75, 3.05) is 0 Å². The van der Waals surface area contributed by atoms with Crippen molar-refractivity contribution in [3.63, 3.8) is 0 Å². The predicted octanol–water partition coefficient (Wildman–Crippen LogP) is 4.06. The third-order valence-corrected chi connectivity index (χ3v) is 3.22. The lowest BCUT2D eigenvalue weighted by molar-refractivity contribution is 0.414. The summed E-state index contributed by atoms with van der Waals surface area (Å²) in [7, 11) is 0. The minimum Gasteiger partial charge on any atom is -0.437 e. The van der Waals surface area contributed by atoms with Crippen LogP contribution < -0.4 is 10.1 Å². The zero-order chi connectivity index (χ0) is 15.5. The molecule has 4 nitrogen and oxygen atoms in total. The largest absolute Gasteiger partial charge is 0.437 e. The van der Waals surface area contributed by atoms with E-state index in [-0.39, 0.29) is 11.4 Å². The molecule has 0 spiro atoms. The van der Waals surface area contributed by atoms with Crippen LogP contribution in [0.25, 0.3) is 0 Å². The second-order valence-electron chi connectivity index (χ2n) is 5.63. The third-order valence-electron chi connectivity index (χ3n) is 2.58. The van der Waals surface area contributed by atoms with Crippen LogP contribution in [-0.4, -0.2) is 15.5 Å². The molecule has 0 aliphatic carbocycles. The van der Waals surface area contributed by atoms with Gasteiger partial charge in [0.05, 0.1) is 16.4 Å². The first-order valence-corrected chi connectivity index (χ1v) is 7.32. The minimum absolute atomic E-state index is 0.00657. The molecule has 0 saturated heterocycles. The lowest BCUT2D eigenvalue weighted by Gasteiger charge is -2.20. The number of nitrogens with zero attached hydrogens (tertiary/aromatic N) is 2. The van der Waals surface area contributed by atoms with E-state index in [1.54, 1.807) is 18.3 Å². The summed E-state index contributed by atoms with van der Waals surface area (Å²) in [5, 5.41) is 3.32. The van der Waals surface area contributed by atoms with Crippen molar-refractivity contribution in [2.45, 2.75) is 32.9 Å². The first-order chi connectivity index (χ1) is 9.83. The molecule has 6 heteroatoms. The second-order valence-corrected chi connectivity index (χ2v) is 6.48. The molecule has 0 atom stereocenters. The molecule has 1 aromatic carbocycles. The van der Waals surface area contributed by atoms with Gasteiger partial charge in [-0.05, 0) is 48.8 Å². The maximum atomic E-state index is 13.4. The number of hydrogen-bond acceptors (Lipinski definition) is 4. The maximum absolute atomic E-state index is 13.4. The second kappa shape index (κ2) is 6.49. The Balaban J connectivity index is 2.08. The van der Waals surface area contributed by atoms with Crippen LogP contribution in [0.15, 0.2) is 35.1 Å². The van der Waals surface area contributed by atoms with Gasteiger partial charge >= 0.3 is 0 Å². The summed E-state index contributed by atoms with van der Waals surface area (Å²) in [4.78, 5) is 8.43. The van der Waals surface area contributed by atoms with Crippen molar-refractivity contribution in [1.82, 2.24) is 15.3 Å². The SMILES string of the molecule is CC(C)(C)NCc1cncc(Oc2ccc(Br)c(F)c2)n1. The molecule has 2 rings (SSSR count). The van der Waals surface area contributed by atoms with Crippen molar-refractivity contribution in [3.05, 3.63) is 46.6 Å². The molecule has 0 amide bonds. The van der Waals surface area contributed by atoms with E-state index in [1.165, 1.54) is 12.3 Å². The van der Waals surface area contributed by atoms with E-state index < -0.39 is 0 Å². The fourth-order valence-electron chi connectivity index (χ4n) is 1.54. The van der Waals surface area contributed by atoms with Gasteiger partial charge in [-0.2, -0.15) is 0 Å². The summed E-state index contributed by atoms with van der Waals surface area (Å²) in [6.45, 7) is 6.81. The summed E-state index contributed by atoms with van der Waals surface area (Å²) in [6.07, 6.45) is 3.17. The Bertz CT molecular complexity index is 629. The molecule has 0 bridgehead atoms. The molecular weight excluding hydrogens is 337 g/mol. The van der Waals surface area contributed by atoms with Gasteiger partial charge in [0.15, 0.2) is 0 Å². The Hall–Kier alpha value is -1.53. The molecular formula is C15H17BrFN3O. The van der Waals surface area contributed by atoms with Crippen LogP contribution in [0.3, 0.4) is 0 Å². The molecule has 1 aromatic heterocycles. The number of benzene rings is 1. The van der Waals surface area contributed by atoms with E-state index in [0.717, 1.165) is 5.69 Å². The molecule has 2 aromatic rings. The Kier molecular flexibility index (Phi) is 4.90. The number of nitrogens with one attached hydrogen (secondary N) is 1. The lowest BCUT2D eigenvalue weighted by atomic mass is 10.1. The van der Waals surface area contributed by atoms with Gasteiger partial charge in [0.2, 0.25) is 5.88 Å². The molecule has 21 heavy (non-hydrogen) atoms. The molecule has 0 aliphatic rings. The Morgan fingerprint density at radius 3 is 2.71 bits per heavy atom. The van der Waals surface area contributed by atoms with E-state index in [1.807, 2.05) is 0 Å². The fraction of sp³-hybridized carbons (Fsp3) is 0.333. The van der Waals surface area contributed by atoms with Crippen molar-refractivity contribution < 1.29 is 9.13 Å². The highest BCUT2D eigenvalue weighted by molar-refractivity contribution is 9.10. The lowest BCUT2D eigenvalue weighted by Crippen LogP contribution is -2.35. The molecule has 1 heterocycles. The Morgan fingerprint density at radius 2 is 2.05 bits per heavy atom. The molecule has 0 fully saturated rings. The van der Waals surface area contributed by atoms with Crippen LogP contribution >= 0.6 is 15.9 Å². The van der Waals surface area contributed by atoms with Gasteiger partial charge in [-0.25, -0.2) is 9.37 Å². The normalized spacial score (nSPS) is 11.5. The molecule has 0 saturated carbocycles. The van der Waals surface area contributed by atoms with E-state index >= 15 is 0 Å². The molecule has 0 radical (unpaired) electrons. The van der Waals surface area contributed by atoms with Crippen molar-refractivity contribution in [3.8, 4) is 11.6 Å². The maximum Gasteiger partial charge on any atom is 0.238 e. The molecule has 0 aliphatic heterocycles. The van der Waals surface area contributed by atoms with Crippen LogP contribution in [0.2, 0.25) is 0 Å². The number of ether oxygens (including phenoxy) is 1. The summed E-state index contributed by atoms with van der Waals surface area (Å²) in [6, 6.07) is 4.55. The highest BCUT2D eigenvalue weighted by Crippen LogP contribution is 2.24.